The van der Waals surface area contributed by atoms with Gasteiger partial charge in [0.25, 0.3) is 5.91 Å². The Morgan fingerprint density at radius 2 is 1.92 bits per heavy atom. The maximum absolute atomic E-state index is 12.6. The molecule has 1 aromatic carbocycles. The molecule has 0 unspecified atom stereocenters. The van der Waals surface area contributed by atoms with E-state index in [9.17, 15) is 9.59 Å². The SMILES string of the molecule is C=CCCCCCC[C@H](NC(=O)c1ccnc2ccccc12)C(N)=O. The van der Waals surface area contributed by atoms with Gasteiger partial charge in [-0.2, -0.15) is 0 Å². The minimum atomic E-state index is -0.654. The molecule has 0 radical (unpaired) electrons. The lowest BCUT2D eigenvalue weighted by molar-refractivity contribution is -0.120. The standard InChI is InChI=1S/C20H25N3O2/c1-2-3-4-5-6-7-12-18(19(21)24)23-20(25)16-13-14-22-17-11-9-8-10-15(16)17/h2,8-11,13-14,18H,1,3-7,12H2,(H2,21,24)(H,23,25)/t18-/m0/s1. The first-order chi connectivity index (χ1) is 12.1. The Kier molecular flexibility index (Phi) is 7.14. The predicted octanol–water partition coefficient (Wildman–Crippen LogP) is 3.35. The van der Waals surface area contributed by atoms with Crippen LogP contribution < -0.4 is 11.1 Å². The molecule has 0 bridgehead atoms. The van der Waals surface area contributed by atoms with Crippen molar-refractivity contribution in [1.82, 2.24) is 10.3 Å². The number of nitrogens with zero attached hydrogens (tertiary/aromatic N) is 1. The average molecular weight is 339 g/mol. The number of fused-ring (bicyclic) bond motifs is 1. The van der Waals surface area contributed by atoms with E-state index < -0.39 is 11.9 Å². The third-order valence-corrected chi connectivity index (χ3v) is 4.19. The van der Waals surface area contributed by atoms with E-state index in [1.54, 1.807) is 12.3 Å². The minimum absolute atomic E-state index is 0.297. The zero-order valence-corrected chi connectivity index (χ0v) is 14.4. The van der Waals surface area contributed by atoms with Crippen LogP contribution in [0, 0.1) is 0 Å². The monoisotopic (exact) mass is 339 g/mol. The number of rotatable bonds is 10. The summed E-state index contributed by atoms with van der Waals surface area (Å²) in [6.45, 7) is 3.70. The number of aromatic nitrogens is 1. The van der Waals surface area contributed by atoms with Gasteiger partial charge in [-0.3, -0.25) is 14.6 Å². The summed E-state index contributed by atoms with van der Waals surface area (Å²) in [5.74, 6) is -0.799. The number of allylic oxidation sites excluding steroid dienone is 1. The van der Waals surface area contributed by atoms with Crippen molar-refractivity contribution in [1.29, 1.82) is 0 Å². The van der Waals surface area contributed by atoms with E-state index in [2.05, 4.69) is 16.9 Å². The van der Waals surface area contributed by atoms with Crippen molar-refractivity contribution in [2.75, 3.05) is 0 Å². The predicted molar refractivity (Wildman–Crippen MR) is 100 cm³/mol. The number of hydrogen-bond donors (Lipinski definition) is 2. The molecule has 0 aliphatic carbocycles. The number of nitrogens with one attached hydrogen (secondary N) is 1. The molecule has 5 heteroatoms. The number of para-hydroxylation sites is 1. The molecule has 1 heterocycles. The molecule has 0 aliphatic heterocycles. The Balaban J connectivity index is 1.97. The Bertz CT molecular complexity index is 737. The highest BCUT2D eigenvalue weighted by Crippen LogP contribution is 2.16. The Labute approximate surface area is 148 Å². The number of hydrogen-bond acceptors (Lipinski definition) is 3. The first-order valence-corrected chi connectivity index (χ1v) is 8.68. The van der Waals surface area contributed by atoms with E-state index in [0.717, 1.165) is 43.0 Å². The highest BCUT2D eigenvalue weighted by molar-refractivity contribution is 6.07. The van der Waals surface area contributed by atoms with E-state index >= 15 is 0 Å². The second-order valence-electron chi connectivity index (χ2n) is 6.08. The van der Waals surface area contributed by atoms with Gasteiger partial charge in [-0.15, -0.1) is 6.58 Å². The van der Waals surface area contributed by atoms with E-state index in [4.69, 9.17) is 5.73 Å². The molecule has 3 N–H and O–H groups in total. The van der Waals surface area contributed by atoms with Gasteiger partial charge in [0.05, 0.1) is 11.1 Å². The Morgan fingerprint density at radius 1 is 1.16 bits per heavy atom. The number of primary amides is 1. The zero-order chi connectivity index (χ0) is 18.1. The maximum Gasteiger partial charge on any atom is 0.252 e. The molecule has 25 heavy (non-hydrogen) atoms. The third kappa shape index (κ3) is 5.41. The fraction of sp³-hybridized carbons (Fsp3) is 0.350. The molecule has 2 amide bonds. The highest BCUT2D eigenvalue weighted by Gasteiger charge is 2.19. The van der Waals surface area contributed by atoms with Crippen LogP contribution in [0.3, 0.4) is 0 Å². The van der Waals surface area contributed by atoms with Gasteiger partial charge in [-0.25, -0.2) is 0 Å². The molecule has 1 aromatic heterocycles. The fourth-order valence-electron chi connectivity index (χ4n) is 2.81. The first kappa shape index (κ1) is 18.6. The molecule has 0 fully saturated rings. The molecule has 5 nitrogen and oxygen atoms in total. The van der Waals surface area contributed by atoms with Crippen LogP contribution in [0.25, 0.3) is 10.9 Å². The van der Waals surface area contributed by atoms with Crippen molar-refractivity contribution in [2.45, 2.75) is 44.6 Å². The number of carbonyl (C=O) groups is 2. The summed E-state index contributed by atoms with van der Waals surface area (Å²) in [5, 5.41) is 3.53. The summed E-state index contributed by atoms with van der Waals surface area (Å²) in [7, 11) is 0. The highest BCUT2D eigenvalue weighted by atomic mass is 16.2. The minimum Gasteiger partial charge on any atom is -0.368 e. The lowest BCUT2D eigenvalue weighted by Gasteiger charge is -2.16. The zero-order valence-electron chi connectivity index (χ0n) is 14.4. The van der Waals surface area contributed by atoms with Gasteiger partial charge >= 0.3 is 0 Å². The largest absolute Gasteiger partial charge is 0.368 e. The van der Waals surface area contributed by atoms with Crippen molar-refractivity contribution in [3.63, 3.8) is 0 Å². The fourth-order valence-corrected chi connectivity index (χ4v) is 2.81. The van der Waals surface area contributed by atoms with Gasteiger partial charge in [0.15, 0.2) is 0 Å². The van der Waals surface area contributed by atoms with Crippen LogP contribution in [0.15, 0.2) is 49.2 Å². The third-order valence-electron chi connectivity index (χ3n) is 4.19. The topological polar surface area (TPSA) is 85.1 Å². The molecule has 0 spiro atoms. The van der Waals surface area contributed by atoms with Crippen molar-refractivity contribution < 1.29 is 9.59 Å². The van der Waals surface area contributed by atoms with Crippen LogP contribution in [0.2, 0.25) is 0 Å². The van der Waals surface area contributed by atoms with Crippen LogP contribution in [0.5, 0.6) is 0 Å². The van der Waals surface area contributed by atoms with Crippen molar-refractivity contribution in [3.05, 3.63) is 54.7 Å². The lowest BCUT2D eigenvalue weighted by Crippen LogP contribution is -2.44. The molecule has 0 saturated heterocycles. The number of carbonyl (C=O) groups excluding carboxylic acids is 2. The molecule has 0 aliphatic rings. The summed E-state index contributed by atoms with van der Waals surface area (Å²) in [4.78, 5) is 28.5. The van der Waals surface area contributed by atoms with Crippen LogP contribution in [0.4, 0.5) is 0 Å². The van der Waals surface area contributed by atoms with E-state index in [1.165, 1.54) is 0 Å². The van der Waals surface area contributed by atoms with Gasteiger partial charge in [0.2, 0.25) is 5.91 Å². The van der Waals surface area contributed by atoms with Crippen molar-refractivity contribution >= 4 is 22.7 Å². The number of unbranched alkanes of at least 4 members (excludes halogenated alkanes) is 4. The number of amides is 2. The molecular weight excluding hydrogens is 314 g/mol. The molecule has 2 aromatic rings. The first-order valence-electron chi connectivity index (χ1n) is 8.68. The number of pyridine rings is 1. The summed E-state index contributed by atoms with van der Waals surface area (Å²) < 4.78 is 0. The quantitative estimate of drug-likeness (QED) is 0.514. The van der Waals surface area contributed by atoms with Gasteiger partial charge in [-0.1, -0.05) is 43.5 Å². The average Bonchev–Trinajstić information content (AvgIpc) is 2.62. The lowest BCUT2D eigenvalue weighted by atomic mass is 10.0. The van der Waals surface area contributed by atoms with Gasteiger partial charge in [0.1, 0.15) is 6.04 Å². The van der Waals surface area contributed by atoms with Gasteiger partial charge < -0.3 is 11.1 Å². The summed E-state index contributed by atoms with van der Waals surface area (Å²) in [6.07, 6.45) is 9.10. The van der Waals surface area contributed by atoms with Crippen molar-refractivity contribution in [3.8, 4) is 0 Å². The summed E-state index contributed by atoms with van der Waals surface area (Å²) >= 11 is 0. The second kappa shape index (κ2) is 9.57. The van der Waals surface area contributed by atoms with E-state index in [-0.39, 0.29) is 5.91 Å². The number of benzene rings is 1. The normalized spacial score (nSPS) is 11.8. The second-order valence-corrected chi connectivity index (χ2v) is 6.08. The smallest absolute Gasteiger partial charge is 0.252 e. The molecule has 0 saturated carbocycles. The molecule has 2 rings (SSSR count). The van der Waals surface area contributed by atoms with Crippen LogP contribution in [0.1, 0.15) is 48.9 Å². The van der Waals surface area contributed by atoms with E-state index in [1.807, 2.05) is 30.3 Å². The van der Waals surface area contributed by atoms with Gasteiger partial charge in [-0.05, 0) is 31.4 Å². The Hall–Kier alpha value is -2.69. The maximum atomic E-state index is 12.6. The van der Waals surface area contributed by atoms with Crippen LogP contribution in [-0.2, 0) is 4.79 Å². The van der Waals surface area contributed by atoms with Crippen molar-refractivity contribution in [2.24, 2.45) is 5.73 Å². The Morgan fingerprint density at radius 3 is 2.68 bits per heavy atom. The summed E-state index contributed by atoms with van der Waals surface area (Å²) in [6, 6.07) is 8.42. The summed E-state index contributed by atoms with van der Waals surface area (Å²) in [5.41, 5.74) is 6.71. The van der Waals surface area contributed by atoms with Crippen LogP contribution in [-0.4, -0.2) is 22.8 Å². The number of nitrogens with two attached hydrogens (primary N) is 1. The molecule has 132 valence electrons. The van der Waals surface area contributed by atoms with Gasteiger partial charge in [0, 0.05) is 11.6 Å². The molecular formula is C20H25N3O2. The molecule has 1 atom stereocenters. The van der Waals surface area contributed by atoms with Crippen LogP contribution >= 0.6 is 0 Å². The van der Waals surface area contributed by atoms with E-state index in [0.29, 0.717) is 12.0 Å².